The van der Waals surface area contributed by atoms with Gasteiger partial charge in [-0.1, -0.05) is 30.1 Å². The van der Waals surface area contributed by atoms with Crippen molar-refractivity contribution in [2.45, 2.75) is 31.6 Å². The molecule has 21 heavy (non-hydrogen) atoms. The SMILES string of the molecule is COc1ccc(-c2c(C3C4CCCCC43)noc2N)cc1. The first-order chi connectivity index (χ1) is 10.3. The van der Waals surface area contributed by atoms with Gasteiger partial charge in [-0.15, -0.1) is 0 Å². The van der Waals surface area contributed by atoms with Crippen LogP contribution in [-0.2, 0) is 0 Å². The van der Waals surface area contributed by atoms with Gasteiger partial charge in [0, 0.05) is 5.92 Å². The lowest BCUT2D eigenvalue weighted by molar-refractivity contribution is 0.415. The van der Waals surface area contributed by atoms with E-state index < -0.39 is 0 Å². The van der Waals surface area contributed by atoms with Gasteiger partial charge in [0.1, 0.15) is 5.75 Å². The molecular weight excluding hydrogens is 264 g/mol. The molecule has 4 heteroatoms. The van der Waals surface area contributed by atoms with E-state index in [1.165, 1.54) is 25.7 Å². The third-order valence-corrected chi connectivity index (χ3v) is 5.10. The van der Waals surface area contributed by atoms with Crippen molar-refractivity contribution in [3.05, 3.63) is 30.0 Å². The zero-order chi connectivity index (χ0) is 14.4. The molecule has 0 radical (unpaired) electrons. The summed E-state index contributed by atoms with van der Waals surface area (Å²) < 4.78 is 10.5. The number of ether oxygens (including phenoxy) is 1. The molecule has 2 aliphatic rings. The van der Waals surface area contributed by atoms with Crippen LogP contribution in [0.4, 0.5) is 5.88 Å². The lowest BCUT2D eigenvalue weighted by Crippen LogP contribution is -1.91. The van der Waals surface area contributed by atoms with Crippen LogP contribution in [0.2, 0.25) is 0 Å². The number of nitrogens with zero attached hydrogens (tertiary/aromatic N) is 1. The quantitative estimate of drug-likeness (QED) is 0.930. The van der Waals surface area contributed by atoms with Crippen LogP contribution < -0.4 is 10.5 Å². The molecule has 0 bridgehead atoms. The summed E-state index contributed by atoms with van der Waals surface area (Å²) in [6.07, 6.45) is 5.35. The Hall–Kier alpha value is -1.97. The van der Waals surface area contributed by atoms with Crippen molar-refractivity contribution in [2.75, 3.05) is 12.8 Å². The van der Waals surface area contributed by atoms with Crippen LogP contribution in [0.25, 0.3) is 11.1 Å². The maximum absolute atomic E-state index is 6.04. The number of nitrogen functional groups attached to an aromatic ring is 1. The Morgan fingerprint density at radius 1 is 1.14 bits per heavy atom. The van der Waals surface area contributed by atoms with Crippen LogP contribution >= 0.6 is 0 Å². The molecule has 1 heterocycles. The minimum atomic E-state index is 0.429. The highest BCUT2D eigenvalue weighted by molar-refractivity contribution is 5.76. The number of aromatic nitrogens is 1. The van der Waals surface area contributed by atoms with E-state index in [-0.39, 0.29) is 0 Å². The highest BCUT2D eigenvalue weighted by atomic mass is 16.5. The molecule has 2 aliphatic carbocycles. The van der Waals surface area contributed by atoms with Crippen molar-refractivity contribution in [1.82, 2.24) is 5.16 Å². The van der Waals surface area contributed by atoms with Crippen LogP contribution in [0.1, 0.15) is 37.3 Å². The number of methoxy groups -OCH3 is 1. The van der Waals surface area contributed by atoms with E-state index in [2.05, 4.69) is 5.16 Å². The first-order valence-electron chi connectivity index (χ1n) is 7.69. The lowest BCUT2D eigenvalue weighted by atomic mass is 10.0. The van der Waals surface area contributed by atoms with Crippen LogP contribution in [-0.4, -0.2) is 12.3 Å². The fourth-order valence-electron chi connectivity index (χ4n) is 3.99. The molecule has 4 rings (SSSR count). The van der Waals surface area contributed by atoms with Crippen molar-refractivity contribution in [1.29, 1.82) is 0 Å². The average Bonchev–Trinajstić information content (AvgIpc) is 3.14. The molecule has 1 aromatic carbocycles. The monoisotopic (exact) mass is 284 g/mol. The summed E-state index contributed by atoms with van der Waals surface area (Å²) in [5.41, 5.74) is 9.15. The van der Waals surface area contributed by atoms with Crippen molar-refractivity contribution >= 4 is 5.88 Å². The predicted molar refractivity (Wildman–Crippen MR) is 81.1 cm³/mol. The molecule has 2 saturated carbocycles. The van der Waals surface area contributed by atoms with Gasteiger partial charge >= 0.3 is 0 Å². The molecule has 1 aromatic heterocycles. The number of hydrogen-bond donors (Lipinski definition) is 1. The van der Waals surface area contributed by atoms with Gasteiger partial charge in [-0.25, -0.2) is 0 Å². The van der Waals surface area contributed by atoms with Gasteiger partial charge in [0.2, 0.25) is 5.88 Å². The van der Waals surface area contributed by atoms with Crippen LogP contribution in [0.15, 0.2) is 28.8 Å². The van der Waals surface area contributed by atoms with Crippen LogP contribution in [0, 0.1) is 11.8 Å². The number of nitrogens with two attached hydrogens (primary N) is 1. The molecule has 0 spiro atoms. The fourth-order valence-corrected chi connectivity index (χ4v) is 3.99. The number of rotatable bonds is 3. The number of hydrogen-bond acceptors (Lipinski definition) is 4. The maximum Gasteiger partial charge on any atom is 0.230 e. The Kier molecular flexibility index (Phi) is 2.91. The predicted octanol–water partition coefficient (Wildman–Crippen LogP) is 3.84. The topological polar surface area (TPSA) is 61.3 Å². The minimum Gasteiger partial charge on any atom is -0.497 e. The zero-order valence-electron chi connectivity index (χ0n) is 12.2. The van der Waals surface area contributed by atoms with Crippen LogP contribution in [0.5, 0.6) is 5.75 Å². The average molecular weight is 284 g/mol. The van der Waals surface area contributed by atoms with E-state index in [9.17, 15) is 0 Å². The molecule has 0 amide bonds. The second-order valence-corrected chi connectivity index (χ2v) is 6.17. The second kappa shape index (κ2) is 4.79. The third-order valence-electron chi connectivity index (χ3n) is 5.10. The van der Waals surface area contributed by atoms with E-state index in [1.54, 1.807) is 7.11 Å². The standard InChI is InChI=1S/C17H20N2O2/c1-20-11-8-6-10(7-9-11)14-16(19-21-17(14)18)15-12-4-2-3-5-13(12)15/h6-9,12-13,15H,2-5,18H2,1H3. The van der Waals surface area contributed by atoms with Gasteiger partial charge in [-0.05, 0) is 42.4 Å². The Bertz CT molecular complexity index is 635. The summed E-state index contributed by atoms with van der Waals surface area (Å²) in [5, 5.41) is 4.29. The van der Waals surface area contributed by atoms with E-state index in [0.29, 0.717) is 11.8 Å². The second-order valence-electron chi connectivity index (χ2n) is 6.17. The molecule has 0 aliphatic heterocycles. The molecule has 2 aromatic rings. The molecule has 2 fully saturated rings. The Morgan fingerprint density at radius 2 is 1.81 bits per heavy atom. The zero-order valence-corrected chi connectivity index (χ0v) is 12.2. The summed E-state index contributed by atoms with van der Waals surface area (Å²) in [6, 6.07) is 7.95. The molecule has 110 valence electrons. The lowest BCUT2D eigenvalue weighted by Gasteiger charge is -2.04. The highest BCUT2D eigenvalue weighted by Gasteiger charge is 2.53. The van der Waals surface area contributed by atoms with E-state index >= 15 is 0 Å². The first-order valence-corrected chi connectivity index (χ1v) is 7.69. The van der Waals surface area contributed by atoms with Gasteiger partial charge in [0.25, 0.3) is 0 Å². The Labute approximate surface area is 124 Å². The number of benzene rings is 1. The van der Waals surface area contributed by atoms with Crippen molar-refractivity contribution in [3.8, 4) is 16.9 Å². The first kappa shape index (κ1) is 12.7. The smallest absolute Gasteiger partial charge is 0.230 e. The largest absolute Gasteiger partial charge is 0.497 e. The van der Waals surface area contributed by atoms with Gasteiger partial charge in [-0.2, -0.15) is 0 Å². The molecular formula is C17H20N2O2. The molecule has 4 nitrogen and oxygen atoms in total. The van der Waals surface area contributed by atoms with Crippen molar-refractivity contribution in [2.24, 2.45) is 11.8 Å². The highest BCUT2D eigenvalue weighted by Crippen LogP contribution is 2.62. The Morgan fingerprint density at radius 3 is 2.43 bits per heavy atom. The molecule has 2 atom stereocenters. The minimum absolute atomic E-state index is 0.429. The maximum atomic E-state index is 6.04. The van der Waals surface area contributed by atoms with E-state index in [1.807, 2.05) is 24.3 Å². The summed E-state index contributed by atoms with van der Waals surface area (Å²) in [6.45, 7) is 0. The molecule has 2 N–H and O–H groups in total. The normalized spacial score (nSPS) is 27.2. The van der Waals surface area contributed by atoms with Crippen molar-refractivity contribution in [3.63, 3.8) is 0 Å². The van der Waals surface area contributed by atoms with Gasteiger partial charge in [0.15, 0.2) is 0 Å². The van der Waals surface area contributed by atoms with Crippen molar-refractivity contribution < 1.29 is 9.26 Å². The summed E-state index contributed by atoms with van der Waals surface area (Å²) in [7, 11) is 1.67. The van der Waals surface area contributed by atoms with Crippen LogP contribution in [0.3, 0.4) is 0 Å². The number of anilines is 1. The Balaban J connectivity index is 1.70. The summed E-state index contributed by atoms with van der Waals surface area (Å²) in [5.74, 6) is 3.40. The van der Waals surface area contributed by atoms with E-state index in [0.717, 1.165) is 34.4 Å². The molecule has 2 unspecified atom stereocenters. The molecule has 0 saturated heterocycles. The van der Waals surface area contributed by atoms with Gasteiger partial charge < -0.3 is 15.0 Å². The third kappa shape index (κ3) is 2.01. The summed E-state index contributed by atoms with van der Waals surface area (Å²) in [4.78, 5) is 0. The summed E-state index contributed by atoms with van der Waals surface area (Å²) >= 11 is 0. The van der Waals surface area contributed by atoms with Gasteiger partial charge in [0.05, 0.1) is 18.4 Å². The number of fused-ring (bicyclic) bond motifs is 1. The fraction of sp³-hybridized carbons (Fsp3) is 0.471. The van der Waals surface area contributed by atoms with Gasteiger partial charge in [-0.3, -0.25) is 0 Å². The van der Waals surface area contributed by atoms with E-state index in [4.69, 9.17) is 15.0 Å².